The molecule has 19 nitrogen and oxygen atoms in total. The number of ether oxygens (including phenoxy) is 9. The molecule has 1 aromatic heterocycles. The molecule has 3 fully saturated rings. The number of ketones is 1. The number of hydrogen-bond acceptors (Lipinski definition) is 19. The molecule has 1 unspecified atom stereocenters. The highest BCUT2D eigenvalue weighted by Crippen LogP contribution is 2.36. The van der Waals surface area contributed by atoms with Crippen LogP contribution in [0.5, 0.6) is 0 Å². The number of thiophene rings is 1. The minimum atomic E-state index is -1.27. The molecule has 73 heavy (non-hydrogen) atoms. The largest absolute Gasteiger partial charge is 0.465 e. The molecule has 4 aliphatic heterocycles. The van der Waals surface area contributed by atoms with Gasteiger partial charge < -0.3 is 73.0 Å². The highest BCUT2D eigenvalue weighted by molar-refractivity contribution is 7.14. The van der Waals surface area contributed by atoms with Gasteiger partial charge in [-0.2, -0.15) is 0 Å². The van der Waals surface area contributed by atoms with Gasteiger partial charge in [0.1, 0.15) is 30.1 Å². The fourth-order valence-corrected chi connectivity index (χ4v) is 10.6. The van der Waals surface area contributed by atoms with Crippen molar-refractivity contribution in [2.75, 3.05) is 61.3 Å². The summed E-state index contributed by atoms with van der Waals surface area (Å²) in [5.74, 6) is -2.91. The molecule has 2 bridgehead atoms. The Morgan fingerprint density at radius 1 is 0.890 bits per heavy atom. The second kappa shape index (κ2) is 28.2. The van der Waals surface area contributed by atoms with Crippen LogP contribution in [0.1, 0.15) is 74.0 Å². The van der Waals surface area contributed by atoms with Crippen LogP contribution in [0.15, 0.2) is 71.4 Å². The van der Waals surface area contributed by atoms with Gasteiger partial charge in [-0.15, -0.1) is 11.3 Å². The number of allylic oxidation sites excluding steroid dienone is 3. The smallest absolute Gasteiger partial charge is 0.308 e. The summed E-state index contributed by atoms with van der Waals surface area (Å²) < 4.78 is 55.4. The summed E-state index contributed by atoms with van der Waals surface area (Å²) >= 11 is 1.29. The number of rotatable bonds is 14. The monoisotopic (exact) mass is 1040 g/mol. The summed E-state index contributed by atoms with van der Waals surface area (Å²) in [6.07, 6.45) is -4.20. The first-order chi connectivity index (χ1) is 35.0. The lowest BCUT2D eigenvalue weighted by atomic mass is 9.79. The van der Waals surface area contributed by atoms with E-state index in [2.05, 4.69) is 10.5 Å². The first kappa shape index (κ1) is 58.3. The zero-order valence-electron chi connectivity index (χ0n) is 43.5. The molecule has 1 aromatic carbocycles. The van der Waals surface area contributed by atoms with Gasteiger partial charge in [0.2, 0.25) is 0 Å². The molecule has 5 heterocycles. The number of oxime groups is 1. The van der Waals surface area contributed by atoms with Crippen LogP contribution in [-0.4, -0.2) is 178 Å². The van der Waals surface area contributed by atoms with E-state index in [9.17, 15) is 29.7 Å². The number of hydrogen-bond donors (Lipinski definition) is 4. The number of aliphatic hydroxyl groups is 3. The number of methoxy groups -OCH3 is 2. The number of amides is 1. The third-order valence-electron chi connectivity index (χ3n) is 14.0. The Balaban J connectivity index is 1.26. The molecule has 20 heteroatoms. The second-order valence-corrected chi connectivity index (χ2v) is 21.0. The average Bonchev–Trinajstić information content (AvgIpc) is 3.84. The van der Waals surface area contributed by atoms with E-state index in [0.29, 0.717) is 30.0 Å². The van der Waals surface area contributed by atoms with Crippen LogP contribution in [0.25, 0.3) is 0 Å². The van der Waals surface area contributed by atoms with Crippen molar-refractivity contribution >= 4 is 34.7 Å². The van der Waals surface area contributed by atoms with E-state index in [-0.39, 0.29) is 57.8 Å². The molecule has 0 radical (unpaired) electrons. The number of fused-ring (bicyclic) bond motifs is 3. The number of esters is 1. The molecular weight excluding hydrogens is 967 g/mol. The van der Waals surface area contributed by atoms with E-state index in [4.69, 9.17) is 47.5 Å². The number of carbonyl (C=O) groups is 3. The maximum Gasteiger partial charge on any atom is 0.308 e. The number of benzene rings is 1. The molecule has 2 aromatic rings. The molecule has 4 N–H and O–H groups in total. The lowest BCUT2D eigenvalue weighted by Gasteiger charge is -2.47. The number of carbonyl (C=O) groups excluding carboxylic acids is 3. The Bertz CT molecular complexity index is 2160. The van der Waals surface area contributed by atoms with Crippen LogP contribution in [-0.2, 0) is 70.2 Å². The SMILES string of the molecule is CO[C@@H]1[C@H](O)[C@@H](C)O[C@@H](OC[C@H]2/C=C(C)/C=C/C(=O)[C@H](C)CC3CCOC/C(=N\OCc4ccc(C(=O)NCc5ccccc5)s4)CO[C@H](CC(=O)OC2)[C@H](C)[C@H]3O[C@@H]2O[C@H](C)[C@@H](O)[C@H](N(C)C)[C@H]2O)[C@@H]1OC. The summed E-state index contributed by atoms with van der Waals surface area (Å²) in [7, 11) is 6.47. The molecule has 0 spiro atoms. The van der Waals surface area contributed by atoms with Crippen molar-refractivity contribution in [3.05, 3.63) is 81.6 Å². The molecule has 406 valence electrons. The first-order valence-corrected chi connectivity index (χ1v) is 26.0. The molecule has 16 atom stereocenters. The van der Waals surface area contributed by atoms with E-state index in [1.54, 1.807) is 45.0 Å². The fraction of sp³-hybridized carbons (Fsp3) is 0.660. The Labute approximate surface area is 433 Å². The Hall–Kier alpha value is -4.00. The number of cyclic esters (lactones) is 1. The van der Waals surface area contributed by atoms with Crippen LogP contribution in [0.2, 0.25) is 0 Å². The van der Waals surface area contributed by atoms with Crippen LogP contribution < -0.4 is 5.32 Å². The summed E-state index contributed by atoms with van der Waals surface area (Å²) in [6, 6.07) is 12.5. The van der Waals surface area contributed by atoms with Crippen molar-refractivity contribution < 1.29 is 77.2 Å². The maximum absolute atomic E-state index is 14.2. The van der Waals surface area contributed by atoms with Gasteiger partial charge in [-0.25, -0.2) is 0 Å². The predicted molar refractivity (Wildman–Crippen MR) is 269 cm³/mol. The van der Waals surface area contributed by atoms with Gasteiger partial charge >= 0.3 is 5.97 Å². The molecule has 6 rings (SSSR count). The topological polar surface area (TPSA) is 232 Å². The van der Waals surface area contributed by atoms with Gasteiger partial charge in [0, 0.05) is 50.0 Å². The van der Waals surface area contributed by atoms with E-state index in [1.807, 2.05) is 63.2 Å². The van der Waals surface area contributed by atoms with E-state index in [0.717, 1.165) is 16.0 Å². The third-order valence-corrected chi connectivity index (χ3v) is 15.0. The van der Waals surface area contributed by atoms with Crippen LogP contribution in [0.3, 0.4) is 0 Å². The summed E-state index contributed by atoms with van der Waals surface area (Å²) in [4.78, 5) is 49.9. The zero-order chi connectivity index (χ0) is 52.8. The molecule has 0 aliphatic carbocycles. The highest BCUT2D eigenvalue weighted by atomic mass is 32.1. The minimum absolute atomic E-state index is 0.0132. The Kier molecular flexibility index (Phi) is 22.5. The van der Waals surface area contributed by atoms with Crippen molar-refractivity contribution in [2.24, 2.45) is 28.8 Å². The summed E-state index contributed by atoms with van der Waals surface area (Å²) in [6.45, 7) is 9.52. The number of aliphatic hydroxyl groups excluding tert-OH is 3. The van der Waals surface area contributed by atoms with Crippen molar-refractivity contribution in [1.29, 1.82) is 0 Å². The minimum Gasteiger partial charge on any atom is -0.465 e. The van der Waals surface area contributed by atoms with Crippen molar-refractivity contribution in [1.82, 2.24) is 10.2 Å². The van der Waals surface area contributed by atoms with Gasteiger partial charge in [0.15, 0.2) is 25.0 Å². The molecular formula is C53H77N3O16S. The van der Waals surface area contributed by atoms with E-state index < -0.39 is 103 Å². The number of likely N-dealkylation sites (N-methyl/N-ethyl adjacent to an activating group) is 1. The van der Waals surface area contributed by atoms with Crippen LogP contribution in [0, 0.1) is 23.7 Å². The van der Waals surface area contributed by atoms with Gasteiger partial charge in [0.05, 0.1) is 74.3 Å². The normalized spacial score (nSPS) is 36.2. The van der Waals surface area contributed by atoms with Crippen molar-refractivity contribution in [2.45, 2.75) is 141 Å². The lowest BCUT2D eigenvalue weighted by molar-refractivity contribution is -0.305. The maximum atomic E-state index is 14.2. The quantitative estimate of drug-likeness (QED) is 0.153. The van der Waals surface area contributed by atoms with Crippen molar-refractivity contribution in [3.63, 3.8) is 0 Å². The third kappa shape index (κ3) is 16.3. The molecule has 3 saturated heterocycles. The number of nitrogens with one attached hydrogen (secondary N) is 1. The highest BCUT2D eigenvalue weighted by Gasteiger charge is 2.48. The van der Waals surface area contributed by atoms with Crippen LogP contribution in [0.4, 0.5) is 0 Å². The molecule has 4 aliphatic rings. The van der Waals surface area contributed by atoms with Crippen LogP contribution >= 0.6 is 11.3 Å². The summed E-state index contributed by atoms with van der Waals surface area (Å²) in [5.41, 5.74) is 2.11. The van der Waals surface area contributed by atoms with Gasteiger partial charge in [-0.1, -0.05) is 67.1 Å². The molecule has 1 amide bonds. The zero-order valence-corrected chi connectivity index (χ0v) is 44.4. The van der Waals surface area contributed by atoms with Gasteiger partial charge in [0.25, 0.3) is 5.91 Å². The second-order valence-electron chi connectivity index (χ2n) is 19.8. The van der Waals surface area contributed by atoms with Gasteiger partial charge in [-0.3, -0.25) is 14.4 Å². The standard InChI is InChI=1S/C53H77N3O16S/c1-30-15-17-40(57)31(2)22-37-19-20-65-27-38(55-69-29-39-16-18-42(73-39)51(62)54-24-35-13-11-10-12-14-35)28-66-41(32(3)48(37)72-52-47(61)44(56(6)7)45(59)33(4)70-52)23-43(58)67-25-36(21-30)26-68-53-50(64-9)49(63-8)46(60)34(5)71-53/h10-18,21,31-34,36-37,41,44-50,52-53,59-61H,19-20,22-29H2,1-9H3,(H,54,62)/b17-15+,30-21+,55-38+/t31-,32+,33-,34-,36+,37?,41-,44+,45-,46-,47-,48-,49-,50-,52+,53-/m1/s1. The fourth-order valence-electron chi connectivity index (χ4n) is 9.73. The predicted octanol–water partition coefficient (Wildman–Crippen LogP) is 4.20. The number of nitrogens with zero attached hydrogens (tertiary/aromatic N) is 2. The lowest BCUT2D eigenvalue weighted by Crippen LogP contribution is -2.63. The van der Waals surface area contributed by atoms with E-state index in [1.165, 1.54) is 31.6 Å². The Morgan fingerprint density at radius 2 is 1.62 bits per heavy atom. The van der Waals surface area contributed by atoms with Gasteiger partial charge in [-0.05, 0) is 77.4 Å². The average molecular weight is 1040 g/mol. The molecule has 0 saturated carbocycles. The summed E-state index contributed by atoms with van der Waals surface area (Å²) in [5, 5.41) is 40.9. The first-order valence-electron chi connectivity index (χ1n) is 25.2. The Morgan fingerprint density at radius 3 is 2.34 bits per heavy atom. The van der Waals surface area contributed by atoms with Crippen molar-refractivity contribution in [3.8, 4) is 0 Å². The van der Waals surface area contributed by atoms with E-state index >= 15 is 0 Å².